The number of rotatable bonds is 10. The summed E-state index contributed by atoms with van der Waals surface area (Å²) in [6.45, 7) is 6.40. The summed E-state index contributed by atoms with van der Waals surface area (Å²) in [4.78, 5) is 4.95. The van der Waals surface area contributed by atoms with Gasteiger partial charge in [0.25, 0.3) is 0 Å². The van der Waals surface area contributed by atoms with Gasteiger partial charge in [-0.2, -0.15) is 0 Å². The van der Waals surface area contributed by atoms with Crippen LogP contribution in [-0.2, 0) is 12.8 Å². The van der Waals surface area contributed by atoms with E-state index in [1.165, 1.54) is 49.7 Å². The maximum Gasteiger partial charge on any atom is 0.150 e. The van der Waals surface area contributed by atoms with Crippen molar-refractivity contribution in [2.24, 2.45) is 0 Å². The number of benzene rings is 4. The maximum absolute atomic E-state index is 6.15. The molecular formula is C40H51ClN4O2. The summed E-state index contributed by atoms with van der Waals surface area (Å²) in [7, 11) is 0. The monoisotopic (exact) mass is 654 g/mol. The molecule has 2 fully saturated rings. The molecule has 6 rings (SSSR count). The Balaban J connectivity index is 0.000000185. The normalized spacial score (nSPS) is 20.0. The van der Waals surface area contributed by atoms with E-state index in [9.17, 15) is 0 Å². The van der Waals surface area contributed by atoms with Crippen molar-refractivity contribution in [3.8, 4) is 11.5 Å². The SMILES string of the molecule is CC(Oc1ccccc1N)N1CCCCC1Cc1ccc(Cl)cc1.CC(Oc1ccccc1N)N1CCCCC1Cc1ccccc1. The standard InChI is InChI=1S/C20H25ClN2O.C20H26N2O/c1-15(24-20-8-3-2-7-19(20)22)23-13-5-4-6-18(23)14-16-9-11-17(21)12-10-16;1-16(23-20-13-6-5-12-19(20)21)22-14-8-7-11-18(22)15-17-9-3-2-4-10-17/h2-3,7-12,15,18H,4-6,13-14,22H2,1H3;2-6,9-10,12-13,16,18H,7-8,11,14-15,21H2,1H3. The second-order valence-electron chi connectivity index (χ2n) is 12.8. The van der Waals surface area contributed by atoms with Crippen LogP contribution in [0.3, 0.4) is 0 Å². The van der Waals surface area contributed by atoms with Gasteiger partial charge in [-0.1, -0.05) is 91.2 Å². The molecule has 0 amide bonds. The average Bonchev–Trinajstić information content (AvgIpc) is 3.09. The molecule has 0 spiro atoms. The number of hydrogen-bond donors (Lipinski definition) is 2. The lowest BCUT2D eigenvalue weighted by Crippen LogP contribution is -2.48. The fraction of sp³-hybridized carbons (Fsp3) is 0.400. The summed E-state index contributed by atoms with van der Waals surface area (Å²) in [5.41, 5.74) is 16.1. The van der Waals surface area contributed by atoms with Gasteiger partial charge in [-0.3, -0.25) is 9.80 Å². The van der Waals surface area contributed by atoms with E-state index in [4.69, 9.17) is 32.5 Å². The molecule has 6 nitrogen and oxygen atoms in total. The van der Waals surface area contributed by atoms with Gasteiger partial charge in [-0.25, -0.2) is 0 Å². The molecule has 47 heavy (non-hydrogen) atoms. The Morgan fingerprint density at radius 2 is 1.02 bits per heavy atom. The maximum atomic E-state index is 6.15. The molecule has 4 N–H and O–H groups in total. The van der Waals surface area contributed by atoms with Crippen LogP contribution in [0, 0.1) is 0 Å². The van der Waals surface area contributed by atoms with Crippen molar-refractivity contribution in [1.82, 2.24) is 9.80 Å². The summed E-state index contributed by atoms with van der Waals surface area (Å²) in [6, 6.07) is 35.4. The number of likely N-dealkylation sites (tertiary alicyclic amines) is 2. The van der Waals surface area contributed by atoms with E-state index in [-0.39, 0.29) is 12.5 Å². The quantitative estimate of drug-likeness (QED) is 0.166. The zero-order chi connectivity index (χ0) is 33.0. The van der Waals surface area contributed by atoms with Crippen molar-refractivity contribution in [3.05, 3.63) is 119 Å². The zero-order valence-corrected chi connectivity index (χ0v) is 28.7. The number of halogens is 1. The van der Waals surface area contributed by atoms with Gasteiger partial charge in [-0.15, -0.1) is 0 Å². The molecule has 0 radical (unpaired) electrons. The van der Waals surface area contributed by atoms with Gasteiger partial charge in [-0.05, 0) is 99.9 Å². The van der Waals surface area contributed by atoms with Gasteiger partial charge in [0.1, 0.15) is 24.0 Å². The van der Waals surface area contributed by atoms with Crippen LogP contribution in [0.2, 0.25) is 5.02 Å². The first-order chi connectivity index (χ1) is 22.9. The lowest BCUT2D eigenvalue weighted by molar-refractivity contribution is -0.0106. The number of nitrogens with zero attached hydrogens (tertiary/aromatic N) is 2. The van der Waals surface area contributed by atoms with Crippen LogP contribution in [0.4, 0.5) is 11.4 Å². The zero-order valence-electron chi connectivity index (χ0n) is 27.9. The van der Waals surface area contributed by atoms with Crippen LogP contribution in [0.25, 0.3) is 0 Å². The second kappa shape index (κ2) is 17.4. The van der Waals surface area contributed by atoms with Gasteiger partial charge in [0.05, 0.1) is 11.4 Å². The van der Waals surface area contributed by atoms with Crippen LogP contribution in [0.1, 0.15) is 63.5 Å². The molecule has 0 aliphatic carbocycles. The first-order valence-corrected chi connectivity index (χ1v) is 17.6. The minimum Gasteiger partial charge on any atom is -0.473 e. The number of para-hydroxylation sites is 4. The van der Waals surface area contributed by atoms with Crippen molar-refractivity contribution in [2.45, 2.75) is 89.8 Å². The van der Waals surface area contributed by atoms with Crippen LogP contribution in [0.5, 0.6) is 11.5 Å². The van der Waals surface area contributed by atoms with Crippen molar-refractivity contribution >= 4 is 23.0 Å². The number of anilines is 2. The smallest absolute Gasteiger partial charge is 0.150 e. The third-order valence-electron chi connectivity index (χ3n) is 9.41. The molecule has 2 aliphatic rings. The summed E-state index contributed by atoms with van der Waals surface area (Å²) in [5.74, 6) is 1.55. The molecule has 4 atom stereocenters. The minimum atomic E-state index is 0.00676. The third-order valence-corrected chi connectivity index (χ3v) is 9.66. The van der Waals surface area contributed by atoms with Crippen LogP contribution < -0.4 is 20.9 Å². The summed E-state index contributed by atoms with van der Waals surface area (Å²) >= 11 is 6.00. The van der Waals surface area contributed by atoms with Crippen molar-refractivity contribution in [2.75, 3.05) is 24.6 Å². The van der Waals surface area contributed by atoms with Crippen LogP contribution >= 0.6 is 11.6 Å². The van der Waals surface area contributed by atoms with Gasteiger partial charge in [0, 0.05) is 30.2 Å². The highest BCUT2D eigenvalue weighted by atomic mass is 35.5. The van der Waals surface area contributed by atoms with E-state index in [1.54, 1.807) is 0 Å². The Morgan fingerprint density at radius 1 is 0.596 bits per heavy atom. The molecule has 0 saturated carbocycles. The average molecular weight is 655 g/mol. The Hall–Kier alpha value is -3.71. The van der Waals surface area contributed by atoms with Crippen molar-refractivity contribution < 1.29 is 9.47 Å². The molecule has 0 aromatic heterocycles. The summed E-state index contributed by atoms with van der Waals surface area (Å²) < 4.78 is 12.3. The van der Waals surface area contributed by atoms with E-state index >= 15 is 0 Å². The van der Waals surface area contributed by atoms with Crippen molar-refractivity contribution in [1.29, 1.82) is 0 Å². The minimum absolute atomic E-state index is 0.00676. The second-order valence-corrected chi connectivity index (χ2v) is 13.2. The molecule has 7 heteroatoms. The topological polar surface area (TPSA) is 77.0 Å². The Morgan fingerprint density at radius 3 is 1.49 bits per heavy atom. The molecule has 2 saturated heterocycles. The summed E-state index contributed by atoms with van der Waals surface area (Å²) in [6.07, 6.45) is 9.60. The Labute approximate surface area is 286 Å². The molecule has 2 heterocycles. The van der Waals surface area contributed by atoms with E-state index < -0.39 is 0 Å². The largest absolute Gasteiger partial charge is 0.473 e. The number of nitrogen functional groups attached to an aromatic ring is 2. The molecule has 2 aliphatic heterocycles. The molecule has 4 aromatic carbocycles. The van der Waals surface area contributed by atoms with E-state index in [1.807, 2.05) is 60.7 Å². The number of hydrogen-bond acceptors (Lipinski definition) is 6. The van der Waals surface area contributed by atoms with Gasteiger partial charge in [0.2, 0.25) is 0 Å². The highest BCUT2D eigenvalue weighted by molar-refractivity contribution is 6.30. The fourth-order valence-electron chi connectivity index (χ4n) is 6.90. The molecule has 0 bridgehead atoms. The van der Waals surface area contributed by atoms with Gasteiger partial charge >= 0.3 is 0 Å². The summed E-state index contributed by atoms with van der Waals surface area (Å²) in [5, 5.41) is 0.788. The first-order valence-electron chi connectivity index (χ1n) is 17.2. The van der Waals surface area contributed by atoms with Crippen LogP contribution in [0.15, 0.2) is 103 Å². The number of nitrogens with two attached hydrogens (primary N) is 2. The predicted octanol–water partition coefficient (Wildman–Crippen LogP) is 8.84. The molecule has 4 aromatic rings. The Bertz CT molecular complexity index is 1500. The fourth-order valence-corrected chi connectivity index (χ4v) is 7.02. The van der Waals surface area contributed by atoms with Gasteiger partial charge < -0.3 is 20.9 Å². The van der Waals surface area contributed by atoms with E-state index in [0.717, 1.165) is 42.5 Å². The number of ether oxygens (including phenoxy) is 2. The lowest BCUT2D eigenvalue weighted by Gasteiger charge is -2.39. The molecular weight excluding hydrogens is 604 g/mol. The van der Waals surface area contributed by atoms with Crippen LogP contribution in [-0.4, -0.2) is 47.4 Å². The third kappa shape index (κ3) is 10.1. The van der Waals surface area contributed by atoms with Crippen molar-refractivity contribution in [3.63, 3.8) is 0 Å². The number of piperidine rings is 2. The Kier molecular flexibility index (Phi) is 12.8. The highest BCUT2D eigenvalue weighted by Crippen LogP contribution is 2.29. The molecule has 4 unspecified atom stereocenters. The first kappa shape index (κ1) is 34.6. The highest BCUT2D eigenvalue weighted by Gasteiger charge is 2.29. The molecule has 250 valence electrons. The van der Waals surface area contributed by atoms with E-state index in [0.29, 0.717) is 23.5 Å². The van der Waals surface area contributed by atoms with Gasteiger partial charge in [0.15, 0.2) is 0 Å². The lowest BCUT2D eigenvalue weighted by atomic mass is 9.95. The van der Waals surface area contributed by atoms with E-state index in [2.05, 4.69) is 66.1 Å². The predicted molar refractivity (Wildman–Crippen MR) is 196 cm³/mol.